The van der Waals surface area contributed by atoms with Gasteiger partial charge in [0.1, 0.15) is 5.82 Å². The Balaban J connectivity index is 1.94. The highest BCUT2D eigenvalue weighted by atomic mass is 19.1. The van der Waals surface area contributed by atoms with Crippen LogP contribution in [0.4, 0.5) is 10.1 Å². The van der Waals surface area contributed by atoms with Crippen LogP contribution in [-0.2, 0) is 4.74 Å². The highest BCUT2D eigenvalue weighted by molar-refractivity contribution is 5.49. The smallest absolute Gasteiger partial charge is 0.126 e. The molecule has 1 N–H and O–H groups in total. The van der Waals surface area contributed by atoms with Gasteiger partial charge in [-0.15, -0.1) is 0 Å². The first-order valence-electron chi connectivity index (χ1n) is 5.84. The average molecular weight is 234 g/mol. The van der Waals surface area contributed by atoms with Crippen molar-refractivity contribution >= 4 is 5.69 Å². The number of halogens is 1. The second-order valence-corrected chi connectivity index (χ2v) is 4.21. The molecule has 1 fully saturated rings. The lowest BCUT2D eigenvalue weighted by molar-refractivity contribution is 0.0247. The van der Waals surface area contributed by atoms with E-state index < -0.39 is 5.82 Å². The predicted octanol–water partition coefficient (Wildman–Crippen LogP) is 2.68. The molecule has 0 bridgehead atoms. The minimum atomic E-state index is -0.392. The molecule has 0 aromatic heterocycles. The molecule has 0 amide bonds. The number of nitriles is 1. The van der Waals surface area contributed by atoms with Gasteiger partial charge in [0.15, 0.2) is 0 Å². The Hall–Kier alpha value is -1.60. The minimum absolute atomic E-state index is 0.192. The van der Waals surface area contributed by atoms with Crippen molar-refractivity contribution in [2.24, 2.45) is 0 Å². The molecule has 1 aliphatic rings. The molecule has 0 spiro atoms. The topological polar surface area (TPSA) is 45.0 Å². The van der Waals surface area contributed by atoms with Crippen LogP contribution >= 0.6 is 0 Å². The molecule has 1 aromatic rings. The summed E-state index contributed by atoms with van der Waals surface area (Å²) in [6.07, 6.45) is 3.53. The highest BCUT2D eigenvalue weighted by Gasteiger charge is 2.13. The summed E-state index contributed by atoms with van der Waals surface area (Å²) in [5.74, 6) is -0.392. The number of nitrogens with zero attached hydrogens (tertiary/aromatic N) is 1. The molecular weight excluding hydrogens is 219 g/mol. The zero-order valence-electron chi connectivity index (χ0n) is 9.58. The lowest BCUT2D eigenvalue weighted by atomic mass is 10.1. The molecule has 1 atom stereocenters. The van der Waals surface area contributed by atoms with Crippen molar-refractivity contribution in [3.63, 3.8) is 0 Å². The van der Waals surface area contributed by atoms with Crippen molar-refractivity contribution in [3.8, 4) is 6.07 Å². The number of hydrogen-bond donors (Lipinski definition) is 1. The van der Waals surface area contributed by atoms with Crippen LogP contribution in [0, 0.1) is 17.1 Å². The molecule has 1 aliphatic heterocycles. The second kappa shape index (κ2) is 5.65. The first-order valence-corrected chi connectivity index (χ1v) is 5.84. The number of anilines is 1. The summed E-state index contributed by atoms with van der Waals surface area (Å²) in [5, 5.41) is 11.8. The lowest BCUT2D eigenvalue weighted by Crippen LogP contribution is -2.27. The van der Waals surface area contributed by atoms with Crippen molar-refractivity contribution in [2.75, 3.05) is 18.5 Å². The quantitative estimate of drug-likeness (QED) is 0.874. The van der Waals surface area contributed by atoms with E-state index in [0.717, 1.165) is 19.4 Å². The highest BCUT2D eigenvalue weighted by Crippen LogP contribution is 2.16. The van der Waals surface area contributed by atoms with Crippen LogP contribution < -0.4 is 5.32 Å². The standard InChI is InChI=1S/C13H15FN2O/c14-11-5-10(8-15)6-12(7-11)16-9-13-3-1-2-4-17-13/h5-7,13,16H,1-4,9H2. The van der Waals surface area contributed by atoms with E-state index in [9.17, 15) is 4.39 Å². The van der Waals surface area contributed by atoms with Crippen LogP contribution in [0.2, 0.25) is 0 Å². The normalized spacial score (nSPS) is 19.6. The van der Waals surface area contributed by atoms with E-state index in [4.69, 9.17) is 10.00 Å². The third kappa shape index (κ3) is 3.43. The van der Waals surface area contributed by atoms with Crippen molar-refractivity contribution < 1.29 is 9.13 Å². The second-order valence-electron chi connectivity index (χ2n) is 4.21. The van der Waals surface area contributed by atoms with Gasteiger partial charge in [-0.2, -0.15) is 5.26 Å². The molecule has 1 heterocycles. The Labute approximate surface area is 100 Å². The number of hydrogen-bond acceptors (Lipinski definition) is 3. The molecule has 2 rings (SSSR count). The van der Waals surface area contributed by atoms with E-state index in [1.165, 1.54) is 18.6 Å². The summed E-state index contributed by atoms with van der Waals surface area (Å²) in [6, 6.07) is 6.20. The van der Waals surface area contributed by atoms with E-state index in [2.05, 4.69) is 5.32 Å². The van der Waals surface area contributed by atoms with Crippen molar-refractivity contribution in [1.29, 1.82) is 5.26 Å². The molecule has 90 valence electrons. The molecule has 1 saturated heterocycles. The maximum absolute atomic E-state index is 13.2. The molecule has 0 saturated carbocycles. The van der Waals surface area contributed by atoms with E-state index in [1.54, 1.807) is 6.07 Å². The van der Waals surface area contributed by atoms with Crippen molar-refractivity contribution in [3.05, 3.63) is 29.6 Å². The van der Waals surface area contributed by atoms with Gasteiger partial charge in [-0.25, -0.2) is 4.39 Å². The first kappa shape index (κ1) is 11.9. The summed E-state index contributed by atoms with van der Waals surface area (Å²) in [7, 11) is 0. The Morgan fingerprint density at radius 3 is 3.00 bits per heavy atom. The summed E-state index contributed by atoms with van der Waals surface area (Å²) >= 11 is 0. The molecule has 1 aromatic carbocycles. The lowest BCUT2D eigenvalue weighted by Gasteiger charge is -2.23. The maximum atomic E-state index is 13.2. The zero-order chi connectivity index (χ0) is 12.1. The van der Waals surface area contributed by atoms with Crippen LogP contribution in [0.1, 0.15) is 24.8 Å². The van der Waals surface area contributed by atoms with Crippen LogP contribution in [0.25, 0.3) is 0 Å². The van der Waals surface area contributed by atoms with E-state index in [0.29, 0.717) is 17.8 Å². The monoisotopic (exact) mass is 234 g/mol. The molecular formula is C13H15FN2O. The van der Waals surface area contributed by atoms with Crippen LogP contribution in [0.5, 0.6) is 0 Å². The third-order valence-corrected chi connectivity index (χ3v) is 2.83. The largest absolute Gasteiger partial charge is 0.382 e. The fraction of sp³-hybridized carbons (Fsp3) is 0.462. The number of ether oxygens (including phenoxy) is 1. The third-order valence-electron chi connectivity index (χ3n) is 2.83. The average Bonchev–Trinajstić information content (AvgIpc) is 2.37. The van der Waals surface area contributed by atoms with E-state index in [1.807, 2.05) is 6.07 Å². The van der Waals surface area contributed by atoms with Crippen molar-refractivity contribution in [2.45, 2.75) is 25.4 Å². The van der Waals surface area contributed by atoms with Gasteiger partial charge in [-0.3, -0.25) is 0 Å². The van der Waals surface area contributed by atoms with Gasteiger partial charge in [0.2, 0.25) is 0 Å². The molecule has 17 heavy (non-hydrogen) atoms. The van der Waals surface area contributed by atoms with Gasteiger partial charge >= 0.3 is 0 Å². The van der Waals surface area contributed by atoms with Crippen molar-refractivity contribution in [1.82, 2.24) is 0 Å². The molecule has 0 radical (unpaired) electrons. The summed E-state index contributed by atoms with van der Waals surface area (Å²) < 4.78 is 18.7. The van der Waals surface area contributed by atoms with Gasteiger partial charge in [0.25, 0.3) is 0 Å². The number of nitrogens with one attached hydrogen (secondary N) is 1. The molecule has 0 aliphatic carbocycles. The SMILES string of the molecule is N#Cc1cc(F)cc(NCC2CCCCO2)c1. The molecule has 3 nitrogen and oxygen atoms in total. The fourth-order valence-electron chi connectivity index (χ4n) is 1.96. The van der Waals surface area contributed by atoms with E-state index >= 15 is 0 Å². The summed E-state index contributed by atoms with van der Waals surface area (Å²) in [4.78, 5) is 0. The maximum Gasteiger partial charge on any atom is 0.126 e. The van der Waals surface area contributed by atoms with Crippen LogP contribution in [-0.4, -0.2) is 19.3 Å². The van der Waals surface area contributed by atoms with Gasteiger partial charge in [-0.05, 0) is 37.5 Å². The Bertz CT molecular complexity index is 422. The Morgan fingerprint density at radius 2 is 2.29 bits per heavy atom. The summed E-state index contributed by atoms with van der Waals surface area (Å²) in [5.41, 5.74) is 0.966. The summed E-state index contributed by atoms with van der Waals surface area (Å²) in [6.45, 7) is 1.47. The Kier molecular flexibility index (Phi) is 3.94. The van der Waals surface area contributed by atoms with Gasteiger partial charge in [0.05, 0.1) is 17.7 Å². The number of benzene rings is 1. The Morgan fingerprint density at radius 1 is 1.41 bits per heavy atom. The first-order chi connectivity index (χ1) is 8.28. The zero-order valence-corrected chi connectivity index (χ0v) is 9.58. The molecule has 4 heteroatoms. The number of rotatable bonds is 3. The minimum Gasteiger partial charge on any atom is -0.382 e. The molecule has 1 unspecified atom stereocenters. The van der Waals surface area contributed by atoms with Crippen LogP contribution in [0.3, 0.4) is 0 Å². The van der Waals surface area contributed by atoms with Gasteiger partial charge < -0.3 is 10.1 Å². The predicted molar refractivity (Wildman–Crippen MR) is 63.2 cm³/mol. The van der Waals surface area contributed by atoms with Gasteiger partial charge in [-0.1, -0.05) is 0 Å². The van der Waals surface area contributed by atoms with Gasteiger partial charge in [0, 0.05) is 18.8 Å². The van der Waals surface area contributed by atoms with E-state index in [-0.39, 0.29) is 6.10 Å². The fourth-order valence-corrected chi connectivity index (χ4v) is 1.96. The van der Waals surface area contributed by atoms with Crippen LogP contribution in [0.15, 0.2) is 18.2 Å².